The molecule has 0 aromatic heterocycles. The average molecular weight is 281 g/mol. The Morgan fingerprint density at radius 2 is 1.95 bits per heavy atom. The summed E-state index contributed by atoms with van der Waals surface area (Å²) in [7, 11) is 0. The van der Waals surface area contributed by atoms with Crippen molar-refractivity contribution in [3.63, 3.8) is 0 Å². The highest BCUT2D eigenvalue weighted by Crippen LogP contribution is 2.22. The van der Waals surface area contributed by atoms with Gasteiger partial charge in [-0.2, -0.15) is 13.2 Å². The molecule has 112 valence electrons. The molecule has 2 N–H and O–H groups in total. The molecule has 19 heavy (non-hydrogen) atoms. The van der Waals surface area contributed by atoms with Crippen molar-refractivity contribution in [3.05, 3.63) is 0 Å². The van der Waals surface area contributed by atoms with Crippen LogP contribution in [0.4, 0.5) is 18.0 Å². The minimum atomic E-state index is -4.13. The van der Waals surface area contributed by atoms with Crippen LogP contribution in [0.1, 0.15) is 33.1 Å². The Labute approximate surface area is 111 Å². The van der Waals surface area contributed by atoms with Gasteiger partial charge in [0.25, 0.3) is 0 Å². The highest BCUT2D eigenvalue weighted by atomic mass is 19.4. The van der Waals surface area contributed by atoms with E-state index in [0.717, 1.165) is 0 Å². The van der Waals surface area contributed by atoms with E-state index in [-0.39, 0.29) is 12.1 Å². The number of alkyl halides is 3. The lowest BCUT2D eigenvalue weighted by Crippen LogP contribution is -2.50. The summed E-state index contributed by atoms with van der Waals surface area (Å²) < 4.78 is 36.6. The molecule has 1 heterocycles. The molecular formula is C12H22F3N3O. The summed E-state index contributed by atoms with van der Waals surface area (Å²) in [6.45, 7) is 5.15. The molecule has 0 saturated carbocycles. The number of carbonyl (C=O) groups excluding carboxylic acids is 1. The zero-order valence-electron chi connectivity index (χ0n) is 11.4. The lowest BCUT2D eigenvalue weighted by Gasteiger charge is -2.34. The van der Waals surface area contributed by atoms with Crippen LogP contribution in [0.5, 0.6) is 0 Å². The molecule has 7 heteroatoms. The van der Waals surface area contributed by atoms with Gasteiger partial charge in [0.2, 0.25) is 0 Å². The Kier molecular flexibility index (Phi) is 5.90. The first kappa shape index (κ1) is 16.1. The number of likely N-dealkylation sites (tertiary alicyclic amines) is 1. The summed E-state index contributed by atoms with van der Waals surface area (Å²) in [6.07, 6.45) is -3.56. The number of nitrogens with zero attached hydrogens (tertiary/aromatic N) is 1. The fraction of sp³-hybridized carbons (Fsp3) is 0.917. The van der Waals surface area contributed by atoms with Crippen LogP contribution in [0.25, 0.3) is 0 Å². The van der Waals surface area contributed by atoms with Gasteiger partial charge in [0.15, 0.2) is 0 Å². The van der Waals surface area contributed by atoms with Crippen LogP contribution in [0.2, 0.25) is 0 Å². The van der Waals surface area contributed by atoms with Crippen molar-refractivity contribution in [1.29, 1.82) is 0 Å². The smallest absolute Gasteiger partial charge is 0.338 e. The van der Waals surface area contributed by atoms with Crippen LogP contribution in [0, 0.1) is 0 Å². The van der Waals surface area contributed by atoms with Crippen molar-refractivity contribution in [1.82, 2.24) is 15.5 Å². The molecule has 1 fully saturated rings. The van der Waals surface area contributed by atoms with Gasteiger partial charge in [-0.25, -0.2) is 4.79 Å². The van der Waals surface area contributed by atoms with Gasteiger partial charge < -0.3 is 15.5 Å². The zero-order valence-corrected chi connectivity index (χ0v) is 11.4. The van der Waals surface area contributed by atoms with Crippen LogP contribution in [-0.2, 0) is 0 Å². The van der Waals surface area contributed by atoms with E-state index in [9.17, 15) is 18.0 Å². The molecule has 1 saturated heterocycles. The third kappa shape index (κ3) is 6.13. The predicted molar refractivity (Wildman–Crippen MR) is 66.9 cm³/mol. The third-order valence-corrected chi connectivity index (χ3v) is 3.17. The van der Waals surface area contributed by atoms with E-state index >= 15 is 0 Å². The molecule has 0 aromatic rings. The minimum Gasteiger partial charge on any atom is -0.338 e. The summed E-state index contributed by atoms with van der Waals surface area (Å²) in [6, 6.07) is -0.617. The Balaban J connectivity index is 2.28. The van der Waals surface area contributed by atoms with Gasteiger partial charge in [0.05, 0.1) is 6.42 Å². The van der Waals surface area contributed by atoms with E-state index < -0.39 is 18.6 Å². The first-order chi connectivity index (χ1) is 8.81. The summed E-state index contributed by atoms with van der Waals surface area (Å²) in [5.74, 6) is 0. The van der Waals surface area contributed by atoms with Crippen LogP contribution >= 0.6 is 0 Å². The van der Waals surface area contributed by atoms with Gasteiger partial charge in [-0.05, 0) is 26.7 Å². The molecule has 2 amide bonds. The van der Waals surface area contributed by atoms with Gasteiger partial charge in [-0.3, -0.25) is 0 Å². The summed E-state index contributed by atoms with van der Waals surface area (Å²) >= 11 is 0. The first-order valence-electron chi connectivity index (χ1n) is 6.67. The third-order valence-electron chi connectivity index (χ3n) is 3.17. The fourth-order valence-electron chi connectivity index (χ4n) is 2.32. The molecule has 0 bridgehead atoms. The van der Waals surface area contributed by atoms with Crippen molar-refractivity contribution in [2.75, 3.05) is 19.6 Å². The topological polar surface area (TPSA) is 44.4 Å². The molecule has 1 rings (SSSR count). The maximum absolute atomic E-state index is 12.2. The van der Waals surface area contributed by atoms with E-state index in [2.05, 4.69) is 10.6 Å². The molecule has 1 aliphatic heterocycles. The number of nitrogens with one attached hydrogen (secondary N) is 2. The Morgan fingerprint density at radius 3 is 2.42 bits per heavy atom. The number of hydrogen-bond donors (Lipinski definition) is 2. The number of piperidine rings is 1. The van der Waals surface area contributed by atoms with E-state index in [1.165, 1.54) is 0 Å². The molecule has 1 unspecified atom stereocenters. The highest BCUT2D eigenvalue weighted by molar-refractivity contribution is 5.74. The minimum absolute atomic E-state index is 0.0584. The maximum atomic E-state index is 12.2. The van der Waals surface area contributed by atoms with E-state index in [4.69, 9.17) is 0 Å². The number of carbonyl (C=O) groups is 1. The van der Waals surface area contributed by atoms with Gasteiger partial charge >= 0.3 is 12.2 Å². The zero-order chi connectivity index (χ0) is 14.5. The second kappa shape index (κ2) is 6.98. The maximum Gasteiger partial charge on any atom is 0.390 e. The van der Waals surface area contributed by atoms with Gasteiger partial charge in [-0.1, -0.05) is 0 Å². The molecular weight excluding hydrogens is 259 g/mol. The van der Waals surface area contributed by atoms with Crippen molar-refractivity contribution in [3.8, 4) is 0 Å². The standard InChI is InChI=1S/C12H22F3N3O/c1-3-16-11(19)18-6-4-10(5-7-18)17-9(2)8-12(13,14)15/h9-10,17H,3-8H2,1-2H3,(H,16,19). The van der Waals surface area contributed by atoms with E-state index in [1.54, 1.807) is 11.8 Å². The molecule has 1 atom stereocenters. The summed E-state index contributed by atoms with van der Waals surface area (Å²) in [5, 5.41) is 5.71. The lowest BCUT2D eigenvalue weighted by molar-refractivity contribution is -0.139. The van der Waals surface area contributed by atoms with Crippen LogP contribution < -0.4 is 10.6 Å². The molecule has 1 aliphatic rings. The number of halogens is 3. The highest BCUT2D eigenvalue weighted by Gasteiger charge is 2.31. The van der Waals surface area contributed by atoms with Crippen LogP contribution in [-0.4, -0.2) is 48.8 Å². The van der Waals surface area contributed by atoms with Gasteiger partial charge in [-0.15, -0.1) is 0 Å². The number of urea groups is 1. The van der Waals surface area contributed by atoms with Gasteiger partial charge in [0, 0.05) is 31.7 Å². The molecule has 0 aliphatic carbocycles. The quantitative estimate of drug-likeness (QED) is 0.829. The molecule has 4 nitrogen and oxygen atoms in total. The fourth-order valence-corrected chi connectivity index (χ4v) is 2.32. The summed E-state index contributed by atoms with van der Waals surface area (Å²) in [4.78, 5) is 13.3. The van der Waals surface area contributed by atoms with Crippen LogP contribution in [0.15, 0.2) is 0 Å². The largest absolute Gasteiger partial charge is 0.390 e. The molecule has 0 aromatic carbocycles. The second-order valence-corrected chi connectivity index (χ2v) is 4.98. The Morgan fingerprint density at radius 1 is 1.37 bits per heavy atom. The predicted octanol–water partition coefficient (Wildman–Crippen LogP) is 2.11. The van der Waals surface area contributed by atoms with E-state index in [0.29, 0.717) is 32.5 Å². The number of hydrogen-bond acceptors (Lipinski definition) is 2. The number of rotatable bonds is 4. The monoisotopic (exact) mass is 281 g/mol. The van der Waals surface area contributed by atoms with E-state index in [1.807, 2.05) is 6.92 Å². The van der Waals surface area contributed by atoms with Crippen molar-refractivity contribution >= 4 is 6.03 Å². The lowest BCUT2D eigenvalue weighted by atomic mass is 10.0. The normalized spacial score (nSPS) is 19.3. The average Bonchev–Trinajstić information content (AvgIpc) is 2.27. The van der Waals surface area contributed by atoms with Gasteiger partial charge in [0.1, 0.15) is 0 Å². The van der Waals surface area contributed by atoms with Crippen molar-refractivity contribution in [2.24, 2.45) is 0 Å². The van der Waals surface area contributed by atoms with Crippen molar-refractivity contribution in [2.45, 2.75) is 51.4 Å². The molecule has 0 radical (unpaired) electrons. The Bertz CT molecular complexity index is 288. The SMILES string of the molecule is CCNC(=O)N1CCC(NC(C)CC(F)(F)F)CC1. The summed E-state index contributed by atoms with van der Waals surface area (Å²) in [5.41, 5.74) is 0. The van der Waals surface area contributed by atoms with Crippen molar-refractivity contribution < 1.29 is 18.0 Å². The number of amides is 2. The van der Waals surface area contributed by atoms with Crippen LogP contribution in [0.3, 0.4) is 0 Å². The Hall–Kier alpha value is -0.980. The first-order valence-corrected chi connectivity index (χ1v) is 6.67. The molecule has 0 spiro atoms. The second-order valence-electron chi connectivity index (χ2n) is 4.98.